The molecule has 0 bridgehead atoms. The summed E-state index contributed by atoms with van der Waals surface area (Å²) in [6.45, 7) is 3.29. The van der Waals surface area contributed by atoms with Gasteiger partial charge in [0.05, 0.1) is 5.66 Å². The molecule has 1 atom stereocenters. The highest BCUT2D eigenvalue weighted by Crippen LogP contribution is 2.45. The minimum absolute atomic E-state index is 0. The third-order valence-electron chi connectivity index (χ3n) is 0.914. The fourth-order valence-corrected chi connectivity index (χ4v) is 0.632. The SMILES string of the molecule is C.COP(=O)(O)C(C)C. The maximum absolute atomic E-state index is 10.6. The largest absolute Gasteiger partial charge is 0.330 e. The first-order chi connectivity index (χ1) is 3.50. The van der Waals surface area contributed by atoms with Crippen LogP contribution in [0.2, 0.25) is 0 Å². The molecule has 0 spiro atoms. The van der Waals surface area contributed by atoms with Crippen molar-refractivity contribution in [1.29, 1.82) is 0 Å². The third kappa shape index (κ3) is 3.68. The van der Waals surface area contributed by atoms with Gasteiger partial charge in [-0.2, -0.15) is 0 Å². The lowest BCUT2D eigenvalue weighted by Gasteiger charge is -2.10. The standard InChI is InChI=1S/C4H11O3P.CH4/c1-4(2)8(5,6)7-3;/h4H,1-3H3,(H,5,6);1H4. The number of hydrogen-bond donors (Lipinski definition) is 1. The van der Waals surface area contributed by atoms with Crippen LogP contribution in [0.5, 0.6) is 0 Å². The van der Waals surface area contributed by atoms with E-state index < -0.39 is 7.60 Å². The molecule has 1 unspecified atom stereocenters. The molecule has 0 fully saturated rings. The van der Waals surface area contributed by atoms with Gasteiger partial charge in [0.25, 0.3) is 0 Å². The summed E-state index contributed by atoms with van der Waals surface area (Å²) in [6.07, 6.45) is 0. The van der Waals surface area contributed by atoms with E-state index >= 15 is 0 Å². The van der Waals surface area contributed by atoms with E-state index in [4.69, 9.17) is 4.89 Å². The first kappa shape index (κ1) is 11.9. The second-order valence-electron chi connectivity index (χ2n) is 1.84. The fourth-order valence-electron chi connectivity index (χ4n) is 0.211. The summed E-state index contributed by atoms with van der Waals surface area (Å²) in [5, 5.41) is 0. The molecule has 4 heteroatoms. The Bertz CT molecular complexity index is 111. The van der Waals surface area contributed by atoms with E-state index in [0.717, 1.165) is 0 Å². The third-order valence-corrected chi connectivity index (χ3v) is 2.74. The van der Waals surface area contributed by atoms with Gasteiger partial charge in [0.1, 0.15) is 0 Å². The highest BCUT2D eigenvalue weighted by molar-refractivity contribution is 7.53. The summed E-state index contributed by atoms with van der Waals surface area (Å²) in [5.74, 6) is 0. The lowest BCUT2D eigenvalue weighted by atomic mass is 10.6. The Morgan fingerprint density at radius 3 is 1.89 bits per heavy atom. The molecule has 0 aromatic carbocycles. The van der Waals surface area contributed by atoms with E-state index in [1.807, 2.05) is 0 Å². The van der Waals surface area contributed by atoms with Crippen molar-refractivity contribution in [3.63, 3.8) is 0 Å². The second-order valence-corrected chi connectivity index (χ2v) is 4.37. The normalized spacial score (nSPS) is 16.6. The molecule has 0 saturated heterocycles. The van der Waals surface area contributed by atoms with E-state index in [1.165, 1.54) is 7.11 Å². The van der Waals surface area contributed by atoms with Crippen molar-refractivity contribution in [3.05, 3.63) is 0 Å². The van der Waals surface area contributed by atoms with Crippen LogP contribution in [0.15, 0.2) is 0 Å². The Morgan fingerprint density at radius 1 is 1.56 bits per heavy atom. The number of rotatable bonds is 2. The van der Waals surface area contributed by atoms with Gasteiger partial charge in [-0.1, -0.05) is 21.3 Å². The molecule has 3 nitrogen and oxygen atoms in total. The summed E-state index contributed by atoms with van der Waals surface area (Å²) < 4.78 is 14.9. The lowest BCUT2D eigenvalue weighted by Crippen LogP contribution is -1.97. The maximum atomic E-state index is 10.6. The van der Waals surface area contributed by atoms with Gasteiger partial charge in [0.2, 0.25) is 0 Å². The van der Waals surface area contributed by atoms with Gasteiger partial charge in [-0.15, -0.1) is 0 Å². The second kappa shape index (κ2) is 4.04. The van der Waals surface area contributed by atoms with Crippen molar-refractivity contribution in [3.8, 4) is 0 Å². The van der Waals surface area contributed by atoms with Crippen LogP contribution in [-0.4, -0.2) is 17.7 Å². The predicted molar refractivity (Wildman–Crippen MR) is 38.7 cm³/mol. The molecular formula is C5H15O3P. The van der Waals surface area contributed by atoms with Crippen LogP contribution in [0, 0.1) is 0 Å². The Morgan fingerprint density at radius 2 is 1.89 bits per heavy atom. The molecule has 0 aliphatic rings. The topological polar surface area (TPSA) is 46.5 Å². The van der Waals surface area contributed by atoms with Crippen LogP contribution in [0.25, 0.3) is 0 Å². The molecule has 0 aromatic heterocycles. The zero-order valence-corrected chi connectivity index (χ0v) is 6.18. The monoisotopic (exact) mass is 154 g/mol. The van der Waals surface area contributed by atoms with Crippen molar-refractivity contribution in [2.75, 3.05) is 7.11 Å². The van der Waals surface area contributed by atoms with E-state index in [1.54, 1.807) is 13.8 Å². The van der Waals surface area contributed by atoms with Gasteiger partial charge in [-0.3, -0.25) is 4.57 Å². The van der Waals surface area contributed by atoms with Crippen LogP contribution >= 0.6 is 7.60 Å². The Kier molecular flexibility index (Phi) is 5.34. The van der Waals surface area contributed by atoms with Crippen LogP contribution in [0.4, 0.5) is 0 Å². The quantitative estimate of drug-likeness (QED) is 0.617. The molecule has 9 heavy (non-hydrogen) atoms. The summed E-state index contributed by atoms with van der Waals surface area (Å²) in [4.78, 5) is 8.73. The van der Waals surface area contributed by atoms with Crippen molar-refractivity contribution < 1.29 is 14.0 Å². The molecule has 0 rings (SSSR count). The zero-order chi connectivity index (χ0) is 6.78. The molecule has 1 N–H and O–H groups in total. The predicted octanol–water partition coefficient (Wildman–Crippen LogP) is 1.86. The molecule has 0 heterocycles. The summed E-state index contributed by atoms with van der Waals surface area (Å²) in [6, 6.07) is 0. The van der Waals surface area contributed by atoms with Gasteiger partial charge in [0, 0.05) is 7.11 Å². The molecule has 0 aliphatic heterocycles. The van der Waals surface area contributed by atoms with Crippen LogP contribution in [0.3, 0.4) is 0 Å². The number of hydrogen-bond acceptors (Lipinski definition) is 2. The summed E-state index contributed by atoms with van der Waals surface area (Å²) >= 11 is 0. The van der Waals surface area contributed by atoms with Gasteiger partial charge >= 0.3 is 7.60 Å². The van der Waals surface area contributed by atoms with E-state index in [2.05, 4.69) is 4.52 Å². The molecule has 0 radical (unpaired) electrons. The average molecular weight is 154 g/mol. The van der Waals surface area contributed by atoms with E-state index in [0.29, 0.717) is 0 Å². The average Bonchev–Trinajstić information content (AvgIpc) is 1.67. The molecule has 0 aliphatic carbocycles. The van der Waals surface area contributed by atoms with Crippen LogP contribution in [-0.2, 0) is 9.09 Å². The van der Waals surface area contributed by atoms with Crippen molar-refractivity contribution >= 4 is 7.60 Å². The molecule has 0 amide bonds. The Labute approximate surface area is 56.6 Å². The first-order valence-corrected chi connectivity index (χ1v) is 4.03. The smallest absolute Gasteiger partial charge is 0.324 e. The van der Waals surface area contributed by atoms with Gasteiger partial charge < -0.3 is 9.42 Å². The van der Waals surface area contributed by atoms with Gasteiger partial charge in [-0.05, 0) is 0 Å². The van der Waals surface area contributed by atoms with Crippen LogP contribution < -0.4 is 0 Å². The lowest BCUT2D eigenvalue weighted by molar-refractivity contribution is 0.308. The minimum Gasteiger partial charge on any atom is -0.324 e. The van der Waals surface area contributed by atoms with Crippen molar-refractivity contribution in [2.45, 2.75) is 26.9 Å². The van der Waals surface area contributed by atoms with Crippen LogP contribution in [0.1, 0.15) is 21.3 Å². The van der Waals surface area contributed by atoms with Crippen molar-refractivity contribution in [2.24, 2.45) is 0 Å². The van der Waals surface area contributed by atoms with Gasteiger partial charge in [-0.25, -0.2) is 0 Å². The van der Waals surface area contributed by atoms with Crippen molar-refractivity contribution in [1.82, 2.24) is 0 Å². The molecule has 0 aromatic rings. The first-order valence-electron chi connectivity index (χ1n) is 2.39. The maximum Gasteiger partial charge on any atom is 0.330 e. The molecule has 58 valence electrons. The molecule has 0 saturated carbocycles. The van der Waals surface area contributed by atoms with E-state index in [-0.39, 0.29) is 13.1 Å². The minimum atomic E-state index is -3.25. The summed E-state index contributed by atoms with van der Waals surface area (Å²) in [5.41, 5.74) is -0.299. The Hall–Kier alpha value is 0.150. The van der Waals surface area contributed by atoms with Gasteiger partial charge in [0.15, 0.2) is 0 Å². The zero-order valence-electron chi connectivity index (χ0n) is 5.29. The summed E-state index contributed by atoms with van der Waals surface area (Å²) in [7, 11) is -2.01. The highest BCUT2D eigenvalue weighted by Gasteiger charge is 2.21. The Balaban J connectivity index is 0. The fraction of sp³-hybridized carbons (Fsp3) is 1.00. The van der Waals surface area contributed by atoms with E-state index in [9.17, 15) is 4.57 Å². The molecular weight excluding hydrogens is 139 g/mol. The highest BCUT2D eigenvalue weighted by atomic mass is 31.2.